The van der Waals surface area contributed by atoms with Gasteiger partial charge in [-0.3, -0.25) is 10.1 Å². The number of likely N-dealkylation sites (N-methyl/N-ethyl adjacent to an activating group) is 1. The fraction of sp³-hybridized carbons (Fsp3) is 0.667. The third-order valence-corrected chi connectivity index (χ3v) is 3.32. The number of aryl methyl sites for hydroxylation is 2. The van der Waals surface area contributed by atoms with Gasteiger partial charge in [-0.25, -0.2) is 9.48 Å². The summed E-state index contributed by atoms with van der Waals surface area (Å²) in [4.78, 5) is 23.7. The average molecular weight is 284 g/mol. The molecule has 8 heteroatoms. The van der Waals surface area contributed by atoms with Crippen LogP contribution in [0.2, 0.25) is 0 Å². The van der Waals surface area contributed by atoms with E-state index in [0.29, 0.717) is 13.1 Å². The van der Waals surface area contributed by atoms with Crippen LogP contribution in [0.4, 0.5) is 11.5 Å². The summed E-state index contributed by atoms with van der Waals surface area (Å²) in [6.45, 7) is 8.91. The van der Waals surface area contributed by atoms with Crippen LogP contribution >= 0.6 is 0 Å². The van der Waals surface area contributed by atoms with Crippen LogP contribution in [0.1, 0.15) is 33.4 Å². The summed E-state index contributed by atoms with van der Waals surface area (Å²) in [5.74, 6) is -0.806. The Labute approximate surface area is 117 Å². The van der Waals surface area contributed by atoms with Crippen molar-refractivity contribution in [3.05, 3.63) is 15.8 Å². The number of carboxylic acid groups (broad SMARTS) is 1. The molecule has 0 saturated carbocycles. The number of anilines is 1. The molecule has 0 spiro atoms. The highest BCUT2D eigenvalue weighted by atomic mass is 16.6. The Morgan fingerprint density at radius 1 is 1.50 bits per heavy atom. The number of nitrogens with zero attached hydrogens (tertiary/aromatic N) is 4. The Morgan fingerprint density at radius 2 is 2.05 bits per heavy atom. The molecule has 112 valence electrons. The van der Waals surface area contributed by atoms with Crippen LogP contribution in [-0.4, -0.2) is 37.9 Å². The topological polar surface area (TPSA) is 101 Å². The lowest BCUT2D eigenvalue weighted by Gasteiger charge is -2.35. The predicted molar refractivity (Wildman–Crippen MR) is 74.0 cm³/mol. The smallest absolute Gasteiger partial charge is 0.333 e. The minimum absolute atomic E-state index is 0.136. The fourth-order valence-corrected chi connectivity index (χ4v) is 2.19. The normalized spacial score (nSPS) is 11.4. The van der Waals surface area contributed by atoms with Gasteiger partial charge in [0.2, 0.25) is 5.82 Å². The lowest BCUT2D eigenvalue weighted by Crippen LogP contribution is -2.51. The summed E-state index contributed by atoms with van der Waals surface area (Å²) in [6.07, 6.45) is 0. The highest BCUT2D eigenvalue weighted by Crippen LogP contribution is 2.35. The van der Waals surface area contributed by atoms with Crippen molar-refractivity contribution in [3.63, 3.8) is 0 Å². The molecule has 0 aromatic carbocycles. The Morgan fingerprint density at radius 3 is 2.40 bits per heavy atom. The zero-order valence-corrected chi connectivity index (χ0v) is 12.4. The number of nitro groups is 1. The summed E-state index contributed by atoms with van der Waals surface area (Å²) in [5.41, 5.74) is -1.12. The van der Waals surface area contributed by atoms with E-state index in [2.05, 4.69) is 5.10 Å². The number of carboxylic acids is 1. The van der Waals surface area contributed by atoms with Gasteiger partial charge >= 0.3 is 11.7 Å². The molecule has 0 radical (unpaired) electrons. The van der Waals surface area contributed by atoms with Gasteiger partial charge in [0.1, 0.15) is 11.2 Å². The van der Waals surface area contributed by atoms with Crippen molar-refractivity contribution in [2.75, 3.05) is 11.4 Å². The van der Waals surface area contributed by atoms with Gasteiger partial charge in [-0.2, -0.15) is 5.10 Å². The first-order valence-corrected chi connectivity index (χ1v) is 6.41. The molecular formula is C12H20N4O4. The van der Waals surface area contributed by atoms with E-state index in [9.17, 15) is 20.0 Å². The van der Waals surface area contributed by atoms with Gasteiger partial charge in [0.15, 0.2) is 0 Å². The second kappa shape index (κ2) is 5.48. The molecule has 0 aliphatic carbocycles. The molecule has 0 atom stereocenters. The molecule has 1 aromatic rings. The largest absolute Gasteiger partial charge is 0.480 e. The van der Waals surface area contributed by atoms with E-state index in [1.807, 2.05) is 0 Å². The number of aliphatic carboxylic acids is 1. The van der Waals surface area contributed by atoms with Crippen molar-refractivity contribution in [2.45, 2.75) is 46.7 Å². The molecule has 1 rings (SSSR count). The molecule has 0 bridgehead atoms. The van der Waals surface area contributed by atoms with Crippen LogP contribution in [0.15, 0.2) is 0 Å². The Hall–Kier alpha value is -2.12. The van der Waals surface area contributed by atoms with Crippen LogP contribution in [0, 0.1) is 17.0 Å². The molecule has 1 N–H and O–H groups in total. The van der Waals surface area contributed by atoms with E-state index in [1.165, 1.54) is 23.4 Å². The molecular weight excluding hydrogens is 264 g/mol. The monoisotopic (exact) mass is 284 g/mol. The number of rotatable bonds is 6. The maximum Gasteiger partial charge on any atom is 0.333 e. The van der Waals surface area contributed by atoms with Crippen LogP contribution in [-0.2, 0) is 11.3 Å². The Bertz CT molecular complexity index is 536. The first-order valence-electron chi connectivity index (χ1n) is 6.41. The minimum atomic E-state index is -1.26. The third kappa shape index (κ3) is 2.45. The molecule has 0 unspecified atom stereocenters. The molecule has 8 nitrogen and oxygen atoms in total. The zero-order valence-electron chi connectivity index (χ0n) is 12.4. The lowest BCUT2D eigenvalue weighted by molar-refractivity contribution is -0.384. The summed E-state index contributed by atoms with van der Waals surface area (Å²) < 4.78 is 1.47. The third-order valence-electron chi connectivity index (χ3n) is 3.32. The van der Waals surface area contributed by atoms with E-state index in [1.54, 1.807) is 20.8 Å². The molecule has 0 saturated heterocycles. The van der Waals surface area contributed by atoms with E-state index < -0.39 is 16.4 Å². The van der Waals surface area contributed by atoms with Crippen LogP contribution in [0.3, 0.4) is 0 Å². The molecule has 1 heterocycles. The summed E-state index contributed by atoms with van der Waals surface area (Å²) in [7, 11) is 0. The minimum Gasteiger partial charge on any atom is -0.480 e. The van der Waals surface area contributed by atoms with Crippen LogP contribution in [0.25, 0.3) is 0 Å². The van der Waals surface area contributed by atoms with Gasteiger partial charge in [0.25, 0.3) is 0 Å². The van der Waals surface area contributed by atoms with Crippen molar-refractivity contribution in [2.24, 2.45) is 0 Å². The zero-order chi connectivity index (χ0) is 15.7. The first kappa shape index (κ1) is 15.9. The highest BCUT2D eigenvalue weighted by Gasteiger charge is 2.40. The van der Waals surface area contributed by atoms with Crippen LogP contribution in [0.5, 0.6) is 0 Å². The van der Waals surface area contributed by atoms with Gasteiger partial charge in [-0.1, -0.05) is 0 Å². The van der Waals surface area contributed by atoms with E-state index >= 15 is 0 Å². The van der Waals surface area contributed by atoms with Crippen molar-refractivity contribution in [1.82, 2.24) is 9.78 Å². The maximum absolute atomic E-state index is 11.4. The van der Waals surface area contributed by atoms with Gasteiger partial charge < -0.3 is 10.0 Å². The SMILES string of the molecule is CCN(c1c([N+](=O)[O-])c(C)nn1CC)C(C)(C)C(=O)O. The van der Waals surface area contributed by atoms with Crippen molar-refractivity contribution >= 4 is 17.5 Å². The summed E-state index contributed by atoms with van der Waals surface area (Å²) in [5, 5.41) is 24.8. The van der Waals surface area contributed by atoms with Crippen molar-refractivity contribution in [3.8, 4) is 0 Å². The highest BCUT2D eigenvalue weighted by molar-refractivity contribution is 5.83. The first-order chi connectivity index (χ1) is 9.18. The lowest BCUT2D eigenvalue weighted by atomic mass is 10.0. The molecule has 0 aliphatic heterocycles. The summed E-state index contributed by atoms with van der Waals surface area (Å²) in [6, 6.07) is 0. The Balaban J connectivity index is 3.57. The molecule has 0 aliphatic rings. The second-order valence-corrected chi connectivity index (χ2v) is 4.94. The predicted octanol–water partition coefficient (Wildman–Crippen LogP) is 1.81. The molecule has 0 fully saturated rings. The number of carbonyl (C=O) groups is 1. The van der Waals surface area contributed by atoms with E-state index in [4.69, 9.17) is 0 Å². The van der Waals surface area contributed by atoms with Crippen molar-refractivity contribution < 1.29 is 14.8 Å². The summed E-state index contributed by atoms with van der Waals surface area (Å²) >= 11 is 0. The average Bonchev–Trinajstić information content (AvgIpc) is 2.66. The van der Waals surface area contributed by atoms with Gasteiger partial charge in [-0.05, 0) is 34.6 Å². The molecule has 20 heavy (non-hydrogen) atoms. The standard InChI is InChI=1S/C12H20N4O4/c1-6-14(12(4,5)11(17)18)10-9(16(19)20)8(3)13-15(10)7-2/h6-7H2,1-5H3,(H,17,18). The molecule has 1 aromatic heterocycles. The number of hydrogen-bond acceptors (Lipinski definition) is 5. The van der Waals surface area contributed by atoms with E-state index in [0.717, 1.165) is 0 Å². The number of hydrogen-bond donors (Lipinski definition) is 1. The Kier molecular flexibility index (Phi) is 4.36. The van der Waals surface area contributed by atoms with Gasteiger partial charge in [0.05, 0.1) is 4.92 Å². The van der Waals surface area contributed by atoms with Crippen LogP contribution < -0.4 is 4.90 Å². The van der Waals surface area contributed by atoms with Gasteiger partial charge in [-0.15, -0.1) is 0 Å². The van der Waals surface area contributed by atoms with Gasteiger partial charge in [0, 0.05) is 13.1 Å². The van der Waals surface area contributed by atoms with Crippen molar-refractivity contribution in [1.29, 1.82) is 0 Å². The quantitative estimate of drug-likeness (QED) is 0.631. The fourth-order valence-electron chi connectivity index (χ4n) is 2.19. The number of aromatic nitrogens is 2. The second-order valence-electron chi connectivity index (χ2n) is 4.94. The van der Waals surface area contributed by atoms with E-state index in [-0.39, 0.29) is 17.2 Å². The maximum atomic E-state index is 11.4. The molecule has 0 amide bonds.